The molecule has 7 heteroatoms. The normalized spacial score (nSPS) is 17.9. The molecular formula is C15H20N4O3. The van der Waals surface area contributed by atoms with E-state index in [4.69, 9.17) is 9.15 Å². The molecule has 2 N–H and O–H groups in total. The Morgan fingerprint density at radius 2 is 2.45 bits per heavy atom. The first-order valence-corrected chi connectivity index (χ1v) is 7.38. The number of nitrogens with zero attached hydrogens (tertiary/aromatic N) is 2. The highest BCUT2D eigenvalue weighted by Gasteiger charge is 2.32. The molecule has 22 heavy (non-hydrogen) atoms. The van der Waals surface area contributed by atoms with Crippen LogP contribution in [0.3, 0.4) is 0 Å². The Morgan fingerprint density at radius 3 is 3.23 bits per heavy atom. The number of furan rings is 1. The molecule has 0 spiro atoms. The van der Waals surface area contributed by atoms with Gasteiger partial charge in [-0.3, -0.25) is 5.10 Å². The van der Waals surface area contributed by atoms with E-state index < -0.39 is 0 Å². The van der Waals surface area contributed by atoms with Gasteiger partial charge in [0.1, 0.15) is 18.1 Å². The van der Waals surface area contributed by atoms with Crippen molar-refractivity contribution >= 4 is 6.03 Å². The summed E-state index contributed by atoms with van der Waals surface area (Å²) in [4.78, 5) is 14.2. The summed E-state index contributed by atoms with van der Waals surface area (Å²) < 4.78 is 10.8. The van der Waals surface area contributed by atoms with Crippen LogP contribution in [0, 0.1) is 0 Å². The van der Waals surface area contributed by atoms with Crippen molar-refractivity contribution in [2.45, 2.75) is 32.0 Å². The number of rotatable bonds is 5. The van der Waals surface area contributed by atoms with Crippen LogP contribution >= 0.6 is 0 Å². The molecule has 0 aliphatic carbocycles. The number of methoxy groups -OCH3 is 1. The van der Waals surface area contributed by atoms with E-state index in [0.717, 1.165) is 36.6 Å². The second-order valence-electron chi connectivity index (χ2n) is 5.33. The van der Waals surface area contributed by atoms with Crippen LogP contribution in [0.2, 0.25) is 0 Å². The number of H-pyrrole nitrogens is 1. The summed E-state index contributed by atoms with van der Waals surface area (Å²) in [5.74, 6) is 1.60. The van der Waals surface area contributed by atoms with Gasteiger partial charge in [0, 0.05) is 19.9 Å². The maximum atomic E-state index is 12.4. The minimum Gasteiger partial charge on any atom is -0.461 e. The lowest BCUT2D eigenvalue weighted by molar-refractivity contribution is 0.156. The summed E-state index contributed by atoms with van der Waals surface area (Å²) in [5, 5.41) is 9.60. The molecule has 2 aromatic heterocycles. The first kappa shape index (κ1) is 14.6. The molecule has 0 saturated carbocycles. The summed E-state index contributed by atoms with van der Waals surface area (Å²) >= 11 is 0. The topological polar surface area (TPSA) is 83.4 Å². The third-order valence-corrected chi connectivity index (χ3v) is 3.80. The molecule has 1 atom stereocenters. The second-order valence-corrected chi connectivity index (χ2v) is 5.33. The predicted molar refractivity (Wildman–Crippen MR) is 78.9 cm³/mol. The predicted octanol–water partition coefficient (Wildman–Crippen LogP) is 2.20. The van der Waals surface area contributed by atoms with Crippen LogP contribution in [-0.4, -0.2) is 34.8 Å². The summed E-state index contributed by atoms with van der Waals surface area (Å²) in [6.07, 6.45) is 3.56. The number of hydrogen-bond acceptors (Lipinski definition) is 4. The number of ether oxygens (including phenoxy) is 1. The van der Waals surface area contributed by atoms with Crippen LogP contribution < -0.4 is 5.32 Å². The van der Waals surface area contributed by atoms with Gasteiger partial charge in [-0.05, 0) is 31.0 Å². The highest BCUT2D eigenvalue weighted by molar-refractivity contribution is 5.75. The molecule has 1 aliphatic heterocycles. The third kappa shape index (κ3) is 3.14. The molecule has 0 radical (unpaired) electrons. The second kappa shape index (κ2) is 6.65. The van der Waals surface area contributed by atoms with Crippen molar-refractivity contribution in [3.05, 3.63) is 41.6 Å². The fraction of sp³-hybridized carbons (Fsp3) is 0.467. The number of aromatic amines is 1. The van der Waals surface area contributed by atoms with E-state index in [1.54, 1.807) is 13.3 Å². The van der Waals surface area contributed by atoms with Gasteiger partial charge < -0.3 is 19.4 Å². The molecule has 0 bridgehead atoms. The van der Waals surface area contributed by atoms with E-state index in [1.165, 1.54) is 0 Å². The number of urea groups is 1. The van der Waals surface area contributed by atoms with E-state index in [1.807, 2.05) is 23.1 Å². The van der Waals surface area contributed by atoms with Crippen molar-refractivity contribution in [1.29, 1.82) is 0 Å². The zero-order valence-corrected chi connectivity index (χ0v) is 12.5. The number of carbonyl (C=O) groups excluding carboxylic acids is 1. The quantitative estimate of drug-likeness (QED) is 0.887. The summed E-state index contributed by atoms with van der Waals surface area (Å²) in [7, 11) is 1.63. The summed E-state index contributed by atoms with van der Waals surface area (Å²) in [6.45, 7) is 1.62. The van der Waals surface area contributed by atoms with Gasteiger partial charge in [-0.2, -0.15) is 5.10 Å². The average Bonchev–Trinajstić information content (AvgIpc) is 3.25. The molecule has 1 fully saturated rings. The largest absolute Gasteiger partial charge is 0.461 e. The average molecular weight is 304 g/mol. The number of carbonyl (C=O) groups is 1. The molecule has 1 saturated heterocycles. The van der Waals surface area contributed by atoms with Crippen LogP contribution in [0.4, 0.5) is 4.79 Å². The van der Waals surface area contributed by atoms with Gasteiger partial charge in [0.25, 0.3) is 0 Å². The van der Waals surface area contributed by atoms with E-state index in [-0.39, 0.29) is 12.1 Å². The van der Waals surface area contributed by atoms with Crippen molar-refractivity contribution in [1.82, 2.24) is 20.4 Å². The van der Waals surface area contributed by atoms with Crippen LogP contribution in [0.25, 0.3) is 0 Å². The van der Waals surface area contributed by atoms with Gasteiger partial charge in [0.05, 0.1) is 18.3 Å². The molecule has 2 amide bonds. The van der Waals surface area contributed by atoms with Crippen LogP contribution in [0.5, 0.6) is 0 Å². The van der Waals surface area contributed by atoms with Crippen molar-refractivity contribution in [2.24, 2.45) is 0 Å². The van der Waals surface area contributed by atoms with Crippen LogP contribution in [0.15, 0.2) is 28.8 Å². The molecular weight excluding hydrogens is 284 g/mol. The highest BCUT2D eigenvalue weighted by Crippen LogP contribution is 2.33. The number of nitrogens with one attached hydrogen (secondary N) is 2. The van der Waals surface area contributed by atoms with Gasteiger partial charge >= 0.3 is 6.03 Å². The van der Waals surface area contributed by atoms with Gasteiger partial charge in [0.2, 0.25) is 0 Å². The lowest BCUT2D eigenvalue weighted by Crippen LogP contribution is -2.39. The Labute approximate surface area is 128 Å². The maximum Gasteiger partial charge on any atom is 0.318 e. The minimum absolute atomic E-state index is 0.00706. The van der Waals surface area contributed by atoms with E-state index in [9.17, 15) is 4.79 Å². The lowest BCUT2D eigenvalue weighted by Gasteiger charge is -2.23. The van der Waals surface area contributed by atoms with Crippen molar-refractivity contribution in [3.63, 3.8) is 0 Å². The van der Waals surface area contributed by atoms with Crippen LogP contribution in [0.1, 0.15) is 36.1 Å². The monoisotopic (exact) mass is 304 g/mol. The molecule has 3 rings (SSSR count). The first-order chi connectivity index (χ1) is 10.8. The molecule has 118 valence electrons. The zero-order chi connectivity index (χ0) is 15.4. The Bertz CT molecular complexity index is 608. The van der Waals surface area contributed by atoms with E-state index >= 15 is 0 Å². The standard InChI is InChI=1S/C15H20N4O3/c1-21-10-12-4-5-14(22-12)13-3-2-8-19(13)15(20)16-9-11-6-7-17-18-11/h4-7,13H,2-3,8-10H2,1H3,(H,16,20)(H,17,18)/t13-/m1/s1. The minimum atomic E-state index is -0.0817. The Kier molecular flexibility index (Phi) is 4.43. The highest BCUT2D eigenvalue weighted by atomic mass is 16.5. The number of likely N-dealkylation sites (tertiary alicyclic amines) is 1. The Morgan fingerprint density at radius 1 is 1.55 bits per heavy atom. The SMILES string of the molecule is COCc1ccc([C@H]2CCCN2C(=O)NCc2ccn[nH]2)o1. The molecule has 1 aliphatic rings. The maximum absolute atomic E-state index is 12.4. The Hall–Kier alpha value is -2.28. The first-order valence-electron chi connectivity index (χ1n) is 7.38. The van der Waals surface area contributed by atoms with E-state index in [2.05, 4.69) is 15.5 Å². The van der Waals surface area contributed by atoms with Crippen molar-refractivity contribution in [3.8, 4) is 0 Å². The molecule has 7 nitrogen and oxygen atoms in total. The third-order valence-electron chi connectivity index (χ3n) is 3.80. The van der Waals surface area contributed by atoms with Crippen molar-refractivity contribution < 1.29 is 13.9 Å². The Balaban J connectivity index is 1.62. The number of amides is 2. The van der Waals surface area contributed by atoms with Gasteiger partial charge in [-0.15, -0.1) is 0 Å². The lowest BCUT2D eigenvalue weighted by atomic mass is 10.2. The van der Waals surface area contributed by atoms with E-state index in [0.29, 0.717) is 13.2 Å². The molecule has 3 heterocycles. The van der Waals surface area contributed by atoms with Gasteiger partial charge in [-0.25, -0.2) is 4.79 Å². The van der Waals surface area contributed by atoms with Crippen molar-refractivity contribution in [2.75, 3.05) is 13.7 Å². The molecule has 0 aromatic carbocycles. The molecule has 0 unspecified atom stereocenters. The fourth-order valence-electron chi connectivity index (χ4n) is 2.75. The zero-order valence-electron chi connectivity index (χ0n) is 12.5. The molecule has 2 aromatic rings. The van der Waals surface area contributed by atoms with Gasteiger partial charge in [0.15, 0.2) is 0 Å². The number of aromatic nitrogens is 2. The number of hydrogen-bond donors (Lipinski definition) is 2. The summed E-state index contributed by atoms with van der Waals surface area (Å²) in [6, 6.07) is 5.58. The van der Waals surface area contributed by atoms with Gasteiger partial charge in [-0.1, -0.05) is 0 Å². The smallest absolute Gasteiger partial charge is 0.318 e. The summed E-state index contributed by atoms with van der Waals surface area (Å²) in [5.41, 5.74) is 0.879. The fourth-order valence-corrected chi connectivity index (χ4v) is 2.75. The van der Waals surface area contributed by atoms with Crippen LogP contribution in [-0.2, 0) is 17.9 Å².